The number of para-hydroxylation sites is 1. The molecule has 2 aromatic carbocycles. The number of non-ortho nitro benzene ring substituents is 1. The van der Waals surface area contributed by atoms with Gasteiger partial charge in [-0.05, 0) is 29.8 Å². The number of nitrogens with zero attached hydrogens (tertiary/aromatic N) is 3. The standard InChI is InChI=1S/C25H18N4O6/c30-23-21(24(31)28(25(32)26-23)15-19-4-3-11-35-19)12-17-14-27(22-6-2-1-5-20(17)22)13-16-7-9-18(10-8-16)29(33)34/h1-12,14H,13,15H2,(H,26,30,32)/b21-12+. The minimum atomic E-state index is -0.811. The van der Waals surface area contributed by atoms with Gasteiger partial charge in [0.1, 0.15) is 11.3 Å². The van der Waals surface area contributed by atoms with Crippen molar-refractivity contribution >= 4 is 40.5 Å². The zero-order valence-corrected chi connectivity index (χ0v) is 18.2. The molecule has 2 aromatic heterocycles. The van der Waals surface area contributed by atoms with E-state index in [-0.39, 0.29) is 17.8 Å². The van der Waals surface area contributed by atoms with E-state index in [0.717, 1.165) is 21.4 Å². The molecule has 35 heavy (non-hydrogen) atoms. The molecule has 0 unspecified atom stereocenters. The molecular weight excluding hydrogens is 452 g/mol. The Morgan fingerprint density at radius 1 is 0.971 bits per heavy atom. The molecule has 174 valence electrons. The van der Waals surface area contributed by atoms with Crippen molar-refractivity contribution in [1.82, 2.24) is 14.8 Å². The predicted octanol–water partition coefficient (Wildman–Crippen LogP) is 3.85. The van der Waals surface area contributed by atoms with Crippen LogP contribution in [0, 0.1) is 10.1 Å². The van der Waals surface area contributed by atoms with Crippen LogP contribution in [0.25, 0.3) is 17.0 Å². The van der Waals surface area contributed by atoms with Gasteiger partial charge in [-0.2, -0.15) is 0 Å². The van der Waals surface area contributed by atoms with E-state index in [1.807, 2.05) is 28.8 Å². The Hall–Kier alpha value is -4.99. The van der Waals surface area contributed by atoms with Crippen LogP contribution in [0.5, 0.6) is 0 Å². The molecule has 0 bridgehead atoms. The summed E-state index contributed by atoms with van der Waals surface area (Å²) in [6.07, 6.45) is 4.70. The number of furan rings is 1. The van der Waals surface area contributed by atoms with Gasteiger partial charge >= 0.3 is 6.03 Å². The van der Waals surface area contributed by atoms with Crippen molar-refractivity contribution in [3.63, 3.8) is 0 Å². The fraction of sp³-hybridized carbons (Fsp3) is 0.0800. The number of nitro benzene ring substituents is 1. The van der Waals surface area contributed by atoms with E-state index < -0.39 is 22.8 Å². The van der Waals surface area contributed by atoms with Crippen LogP contribution < -0.4 is 5.32 Å². The van der Waals surface area contributed by atoms with Gasteiger partial charge in [-0.1, -0.05) is 30.3 Å². The van der Waals surface area contributed by atoms with E-state index in [9.17, 15) is 24.5 Å². The van der Waals surface area contributed by atoms with Crippen molar-refractivity contribution in [3.05, 3.63) is 106 Å². The number of nitro groups is 1. The molecule has 10 heteroatoms. The maximum absolute atomic E-state index is 13.1. The summed E-state index contributed by atoms with van der Waals surface area (Å²) in [6, 6.07) is 16.2. The summed E-state index contributed by atoms with van der Waals surface area (Å²) in [7, 11) is 0. The molecule has 4 aromatic rings. The van der Waals surface area contributed by atoms with Crippen LogP contribution in [-0.4, -0.2) is 32.2 Å². The van der Waals surface area contributed by atoms with Gasteiger partial charge in [0.15, 0.2) is 0 Å². The smallest absolute Gasteiger partial charge is 0.331 e. The average molecular weight is 470 g/mol. The van der Waals surface area contributed by atoms with Gasteiger partial charge in [0.25, 0.3) is 17.5 Å². The first-order valence-corrected chi connectivity index (χ1v) is 10.6. The highest BCUT2D eigenvalue weighted by Crippen LogP contribution is 2.26. The topological polar surface area (TPSA) is 128 Å². The van der Waals surface area contributed by atoms with E-state index in [2.05, 4.69) is 5.32 Å². The lowest BCUT2D eigenvalue weighted by atomic mass is 10.1. The highest BCUT2D eigenvalue weighted by atomic mass is 16.6. The van der Waals surface area contributed by atoms with Crippen molar-refractivity contribution in [2.45, 2.75) is 13.1 Å². The normalized spacial score (nSPS) is 15.1. The number of hydrogen-bond acceptors (Lipinski definition) is 6. The van der Waals surface area contributed by atoms with Crippen molar-refractivity contribution in [1.29, 1.82) is 0 Å². The van der Waals surface area contributed by atoms with Gasteiger partial charge in [-0.3, -0.25) is 29.9 Å². The summed E-state index contributed by atoms with van der Waals surface area (Å²) in [5.74, 6) is -1.09. The molecule has 0 spiro atoms. The molecule has 3 heterocycles. The molecule has 1 N–H and O–H groups in total. The monoisotopic (exact) mass is 470 g/mol. The van der Waals surface area contributed by atoms with Crippen LogP contribution in [-0.2, 0) is 22.7 Å². The number of carbonyl (C=O) groups excluding carboxylic acids is 3. The van der Waals surface area contributed by atoms with Crippen LogP contribution in [0.4, 0.5) is 10.5 Å². The van der Waals surface area contributed by atoms with Crippen LogP contribution >= 0.6 is 0 Å². The summed E-state index contributed by atoms with van der Waals surface area (Å²) >= 11 is 0. The lowest BCUT2D eigenvalue weighted by molar-refractivity contribution is -0.384. The molecule has 0 atom stereocenters. The SMILES string of the molecule is O=C1NC(=O)N(Cc2ccco2)C(=O)/C1=C/c1cn(Cc2ccc([N+](=O)[O-])cc2)c2ccccc12. The third-order valence-corrected chi connectivity index (χ3v) is 5.70. The number of barbiturate groups is 1. The Morgan fingerprint density at radius 3 is 2.46 bits per heavy atom. The first-order valence-electron chi connectivity index (χ1n) is 10.6. The summed E-state index contributed by atoms with van der Waals surface area (Å²) in [5, 5.41) is 13.9. The first-order chi connectivity index (χ1) is 16.9. The number of carbonyl (C=O) groups is 3. The zero-order valence-electron chi connectivity index (χ0n) is 18.2. The Balaban J connectivity index is 1.50. The summed E-state index contributed by atoms with van der Waals surface area (Å²) in [6.45, 7) is 0.315. The third-order valence-electron chi connectivity index (χ3n) is 5.70. The van der Waals surface area contributed by atoms with Crippen molar-refractivity contribution in [2.24, 2.45) is 0 Å². The Labute approximate surface area is 198 Å². The minimum Gasteiger partial charge on any atom is -0.467 e. The van der Waals surface area contributed by atoms with Crippen molar-refractivity contribution < 1.29 is 23.7 Å². The lowest BCUT2D eigenvalue weighted by Crippen LogP contribution is -2.53. The fourth-order valence-corrected chi connectivity index (χ4v) is 3.99. The minimum absolute atomic E-state index is 0.00649. The highest BCUT2D eigenvalue weighted by molar-refractivity contribution is 6.31. The van der Waals surface area contributed by atoms with Crippen LogP contribution in [0.1, 0.15) is 16.9 Å². The largest absolute Gasteiger partial charge is 0.467 e. The maximum Gasteiger partial charge on any atom is 0.331 e. The Morgan fingerprint density at radius 2 is 1.74 bits per heavy atom. The van der Waals surface area contributed by atoms with Gasteiger partial charge in [0.2, 0.25) is 0 Å². The summed E-state index contributed by atoms with van der Waals surface area (Å²) in [4.78, 5) is 49.3. The average Bonchev–Trinajstić information content (AvgIpc) is 3.48. The molecule has 0 radical (unpaired) electrons. The second-order valence-corrected chi connectivity index (χ2v) is 7.94. The zero-order chi connectivity index (χ0) is 24.5. The molecule has 5 rings (SSSR count). The maximum atomic E-state index is 13.1. The summed E-state index contributed by atoms with van der Waals surface area (Å²) in [5.41, 5.74) is 2.15. The number of nitrogens with one attached hydrogen (secondary N) is 1. The highest BCUT2D eigenvalue weighted by Gasteiger charge is 2.36. The molecule has 4 amide bonds. The van der Waals surface area contributed by atoms with E-state index in [4.69, 9.17) is 4.42 Å². The molecule has 1 aliphatic heterocycles. The number of imide groups is 2. The van der Waals surface area contributed by atoms with Gasteiger partial charge in [0.05, 0.1) is 17.7 Å². The van der Waals surface area contributed by atoms with Gasteiger partial charge in [0, 0.05) is 41.3 Å². The number of benzene rings is 2. The van der Waals surface area contributed by atoms with E-state index in [1.54, 1.807) is 30.5 Å². The second-order valence-electron chi connectivity index (χ2n) is 7.94. The molecule has 1 aliphatic rings. The quantitative estimate of drug-likeness (QED) is 0.197. The van der Waals surface area contributed by atoms with Gasteiger partial charge < -0.3 is 8.98 Å². The summed E-state index contributed by atoms with van der Waals surface area (Å²) < 4.78 is 7.16. The Bertz CT molecular complexity index is 1500. The van der Waals surface area contributed by atoms with Gasteiger partial charge in [-0.25, -0.2) is 4.79 Å². The number of amides is 4. The molecule has 0 aliphatic carbocycles. The third kappa shape index (κ3) is 4.20. The molecule has 10 nitrogen and oxygen atoms in total. The number of urea groups is 1. The molecule has 1 saturated heterocycles. The number of hydrogen-bond donors (Lipinski definition) is 1. The van der Waals surface area contributed by atoms with Crippen molar-refractivity contribution in [2.75, 3.05) is 0 Å². The second kappa shape index (κ2) is 8.75. The number of fused-ring (bicyclic) bond motifs is 1. The predicted molar refractivity (Wildman–Crippen MR) is 125 cm³/mol. The molecule has 1 fully saturated rings. The van der Waals surface area contributed by atoms with E-state index >= 15 is 0 Å². The van der Waals surface area contributed by atoms with Gasteiger partial charge in [-0.15, -0.1) is 0 Å². The van der Waals surface area contributed by atoms with E-state index in [0.29, 0.717) is 17.9 Å². The number of rotatable bonds is 6. The Kier molecular flexibility index (Phi) is 5.46. The molecule has 0 saturated carbocycles. The fourth-order valence-electron chi connectivity index (χ4n) is 3.99. The van der Waals surface area contributed by atoms with E-state index in [1.165, 1.54) is 24.5 Å². The van der Waals surface area contributed by atoms with Crippen molar-refractivity contribution in [3.8, 4) is 0 Å². The number of aromatic nitrogens is 1. The first kappa shape index (κ1) is 21.8. The van der Waals surface area contributed by atoms with Crippen LogP contribution in [0.15, 0.2) is 83.1 Å². The van der Waals surface area contributed by atoms with Crippen LogP contribution in [0.2, 0.25) is 0 Å². The molecular formula is C25H18N4O6. The van der Waals surface area contributed by atoms with Crippen LogP contribution in [0.3, 0.4) is 0 Å². The lowest BCUT2D eigenvalue weighted by Gasteiger charge is -2.25.